The second kappa shape index (κ2) is 5.65. The normalized spacial score (nSPS) is 23.5. The summed E-state index contributed by atoms with van der Waals surface area (Å²) in [5.74, 6) is 6.53. The Balaban J connectivity index is 1.92. The van der Waals surface area contributed by atoms with Crippen LogP contribution in [0.4, 0.5) is 5.82 Å². The number of hydrogen-bond donors (Lipinski definition) is 3. The average Bonchev–Trinajstić information content (AvgIpc) is 3.00. The standard InChI is InChI=1S/C10H15N5O3S3/c11-13-8-9(15-3-4-19-10(15)12-8)21(17,18)14-7-1-5-20(16)6-2-7/h3-4,7,13-14H,1-2,5-6,11H2. The summed E-state index contributed by atoms with van der Waals surface area (Å²) in [7, 11) is -4.59. The molecule has 4 N–H and O–H groups in total. The molecule has 21 heavy (non-hydrogen) atoms. The zero-order valence-electron chi connectivity index (χ0n) is 11.0. The molecule has 2 aromatic rings. The Morgan fingerprint density at radius 2 is 2.14 bits per heavy atom. The van der Waals surface area contributed by atoms with E-state index in [4.69, 9.17) is 5.84 Å². The van der Waals surface area contributed by atoms with Crippen LogP contribution in [0.3, 0.4) is 0 Å². The molecule has 0 amide bonds. The van der Waals surface area contributed by atoms with Crippen molar-refractivity contribution >= 4 is 42.9 Å². The van der Waals surface area contributed by atoms with Crippen LogP contribution in [0.5, 0.6) is 0 Å². The van der Waals surface area contributed by atoms with Crippen molar-refractivity contribution in [3.8, 4) is 0 Å². The van der Waals surface area contributed by atoms with Gasteiger partial charge in [0.25, 0.3) is 10.0 Å². The van der Waals surface area contributed by atoms with Gasteiger partial charge in [-0.1, -0.05) is 0 Å². The summed E-state index contributed by atoms with van der Waals surface area (Å²) >= 11 is 1.32. The first-order valence-electron chi connectivity index (χ1n) is 6.31. The van der Waals surface area contributed by atoms with E-state index in [0.29, 0.717) is 29.3 Å². The number of aromatic nitrogens is 2. The Morgan fingerprint density at radius 3 is 2.81 bits per heavy atom. The molecule has 0 aliphatic carbocycles. The molecule has 11 heteroatoms. The lowest BCUT2D eigenvalue weighted by molar-refractivity contribution is 0.519. The number of nitrogens with two attached hydrogens (primary N) is 1. The number of hydrogen-bond acceptors (Lipinski definition) is 7. The summed E-state index contributed by atoms with van der Waals surface area (Å²) in [5.41, 5.74) is 2.33. The number of nitrogens with zero attached hydrogens (tertiary/aromatic N) is 2. The molecular weight excluding hydrogens is 334 g/mol. The molecule has 1 fully saturated rings. The van der Waals surface area contributed by atoms with E-state index in [1.165, 1.54) is 15.7 Å². The summed E-state index contributed by atoms with van der Waals surface area (Å²) in [6.07, 6.45) is 2.78. The monoisotopic (exact) mass is 349 g/mol. The quantitative estimate of drug-likeness (QED) is 0.523. The van der Waals surface area contributed by atoms with Crippen LogP contribution in [0, 0.1) is 0 Å². The first kappa shape index (κ1) is 14.9. The van der Waals surface area contributed by atoms with Crippen LogP contribution in [0.15, 0.2) is 16.6 Å². The summed E-state index contributed by atoms with van der Waals surface area (Å²) < 4.78 is 40.7. The summed E-state index contributed by atoms with van der Waals surface area (Å²) in [5, 5.41) is 1.76. The third-order valence-corrected chi connectivity index (χ3v) is 7.00. The van der Waals surface area contributed by atoms with Crippen molar-refractivity contribution in [1.29, 1.82) is 0 Å². The van der Waals surface area contributed by atoms with Crippen molar-refractivity contribution in [2.45, 2.75) is 23.9 Å². The fraction of sp³-hybridized carbons (Fsp3) is 0.500. The zero-order valence-corrected chi connectivity index (χ0v) is 13.4. The third-order valence-electron chi connectivity index (χ3n) is 3.32. The molecule has 2 aromatic heterocycles. The maximum atomic E-state index is 12.6. The molecule has 0 unspecified atom stereocenters. The molecule has 3 heterocycles. The van der Waals surface area contributed by atoms with Crippen molar-refractivity contribution < 1.29 is 12.6 Å². The lowest BCUT2D eigenvalue weighted by Crippen LogP contribution is -2.40. The van der Waals surface area contributed by atoms with Gasteiger partial charge in [-0.3, -0.25) is 8.61 Å². The molecule has 0 atom stereocenters. The Kier molecular flexibility index (Phi) is 4.01. The number of hydrazine groups is 1. The lowest BCUT2D eigenvalue weighted by atomic mass is 10.2. The van der Waals surface area contributed by atoms with E-state index in [9.17, 15) is 12.6 Å². The summed E-state index contributed by atoms with van der Waals surface area (Å²) in [6, 6.07) is -0.206. The Hall–Kier alpha value is -1.01. The van der Waals surface area contributed by atoms with Crippen LogP contribution < -0.4 is 16.0 Å². The van der Waals surface area contributed by atoms with E-state index in [0.717, 1.165) is 0 Å². The molecule has 1 saturated heterocycles. The molecule has 0 radical (unpaired) electrons. The number of imidazole rings is 1. The van der Waals surface area contributed by atoms with Gasteiger partial charge in [-0.2, -0.15) is 4.98 Å². The van der Waals surface area contributed by atoms with Crippen LogP contribution in [0.25, 0.3) is 4.96 Å². The molecule has 1 aliphatic rings. The molecule has 0 aromatic carbocycles. The molecular formula is C10H15N5O3S3. The second-order valence-corrected chi connectivity index (χ2v) is 8.91. The minimum Gasteiger partial charge on any atom is -0.306 e. The van der Waals surface area contributed by atoms with E-state index < -0.39 is 20.8 Å². The van der Waals surface area contributed by atoms with Gasteiger partial charge < -0.3 is 5.43 Å². The van der Waals surface area contributed by atoms with Gasteiger partial charge in [0, 0.05) is 39.9 Å². The minimum absolute atomic E-state index is 0.00736. The number of sulfonamides is 1. The highest BCUT2D eigenvalue weighted by molar-refractivity contribution is 7.89. The number of nitrogens with one attached hydrogen (secondary N) is 2. The van der Waals surface area contributed by atoms with Crippen LogP contribution in [-0.4, -0.2) is 39.6 Å². The SMILES string of the molecule is NNc1nc2sccn2c1S(=O)(=O)NC1CCS(=O)CC1. The van der Waals surface area contributed by atoms with Gasteiger partial charge in [-0.15, -0.1) is 11.3 Å². The van der Waals surface area contributed by atoms with E-state index >= 15 is 0 Å². The highest BCUT2D eigenvalue weighted by Crippen LogP contribution is 2.25. The summed E-state index contributed by atoms with van der Waals surface area (Å²) in [4.78, 5) is 4.69. The van der Waals surface area contributed by atoms with Gasteiger partial charge in [0.05, 0.1) is 0 Å². The molecule has 0 bridgehead atoms. The van der Waals surface area contributed by atoms with Crippen molar-refractivity contribution in [3.63, 3.8) is 0 Å². The first-order chi connectivity index (χ1) is 10.0. The topological polar surface area (TPSA) is 119 Å². The van der Waals surface area contributed by atoms with Crippen LogP contribution in [-0.2, 0) is 20.8 Å². The van der Waals surface area contributed by atoms with E-state index in [-0.39, 0.29) is 16.9 Å². The predicted octanol–water partition coefficient (Wildman–Crippen LogP) is -0.129. The van der Waals surface area contributed by atoms with E-state index in [1.807, 2.05) is 0 Å². The van der Waals surface area contributed by atoms with Crippen LogP contribution in [0.1, 0.15) is 12.8 Å². The zero-order chi connectivity index (χ0) is 15.0. The van der Waals surface area contributed by atoms with E-state index in [2.05, 4.69) is 15.1 Å². The van der Waals surface area contributed by atoms with Gasteiger partial charge >= 0.3 is 0 Å². The van der Waals surface area contributed by atoms with Gasteiger partial charge in [-0.25, -0.2) is 19.0 Å². The van der Waals surface area contributed by atoms with Crippen molar-refractivity contribution in [2.24, 2.45) is 5.84 Å². The number of fused-ring (bicyclic) bond motifs is 1. The molecule has 0 spiro atoms. The van der Waals surface area contributed by atoms with Crippen LogP contribution in [0.2, 0.25) is 0 Å². The Morgan fingerprint density at radius 1 is 1.43 bits per heavy atom. The maximum Gasteiger partial charge on any atom is 0.260 e. The average molecular weight is 349 g/mol. The van der Waals surface area contributed by atoms with Crippen molar-refractivity contribution in [1.82, 2.24) is 14.1 Å². The number of anilines is 1. The number of rotatable bonds is 4. The molecule has 1 aliphatic heterocycles. The lowest BCUT2D eigenvalue weighted by Gasteiger charge is -2.22. The molecule has 116 valence electrons. The van der Waals surface area contributed by atoms with Gasteiger partial charge in [-0.05, 0) is 12.8 Å². The smallest absolute Gasteiger partial charge is 0.260 e. The maximum absolute atomic E-state index is 12.6. The van der Waals surface area contributed by atoms with Crippen molar-refractivity contribution in [3.05, 3.63) is 11.6 Å². The number of nitrogen functional groups attached to an aromatic ring is 1. The van der Waals surface area contributed by atoms with Crippen LogP contribution >= 0.6 is 11.3 Å². The fourth-order valence-electron chi connectivity index (χ4n) is 2.30. The van der Waals surface area contributed by atoms with E-state index in [1.54, 1.807) is 11.6 Å². The molecule has 0 saturated carbocycles. The molecule has 3 rings (SSSR count). The van der Waals surface area contributed by atoms with Gasteiger partial charge in [0.2, 0.25) is 5.03 Å². The first-order valence-corrected chi connectivity index (χ1v) is 10.2. The third kappa shape index (κ3) is 2.83. The Labute approximate surface area is 128 Å². The second-order valence-electron chi connectivity index (χ2n) is 4.71. The highest BCUT2D eigenvalue weighted by atomic mass is 32.2. The highest BCUT2D eigenvalue weighted by Gasteiger charge is 2.29. The Bertz CT molecular complexity index is 771. The van der Waals surface area contributed by atoms with Gasteiger partial charge in [0.15, 0.2) is 10.8 Å². The van der Waals surface area contributed by atoms with Crippen molar-refractivity contribution in [2.75, 3.05) is 16.9 Å². The predicted molar refractivity (Wildman–Crippen MR) is 82.1 cm³/mol. The number of thiazole rings is 1. The fourth-order valence-corrected chi connectivity index (χ4v) is 5.92. The summed E-state index contributed by atoms with van der Waals surface area (Å²) in [6.45, 7) is 0. The largest absolute Gasteiger partial charge is 0.306 e. The van der Waals surface area contributed by atoms with Gasteiger partial charge in [0.1, 0.15) is 0 Å². The molecule has 8 nitrogen and oxygen atoms in total. The minimum atomic E-state index is -3.76.